The minimum absolute atomic E-state index is 0.202. The maximum absolute atomic E-state index is 14.5. The zero-order chi connectivity index (χ0) is 20.8. The van der Waals surface area contributed by atoms with Crippen LogP contribution in [0.2, 0.25) is 0 Å². The van der Waals surface area contributed by atoms with E-state index in [0.717, 1.165) is 6.42 Å². The van der Waals surface area contributed by atoms with Gasteiger partial charge in [0.15, 0.2) is 0 Å². The molecule has 1 atom stereocenters. The fourth-order valence-electron chi connectivity index (χ4n) is 2.74. The van der Waals surface area contributed by atoms with Gasteiger partial charge in [-0.1, -0.05) is 55.2 Å². The molecule has 0 spiro atoms. The average molecular weight is 520 g/mol. The lowest BCUT2D eigenvalue weighted by Crippen LogP contribution is -2.83. The summed E-state index contributed by atoms with van der Waals surface area (Å²) in [4.78, 5) is 0. The maximum atomic E-state index is 14.5. The molecule has 1 rings (SSSR count). The summed E-state index contributed by atoms with van der Waals surface area (Å²) in [7, 11) is 0. The highest BCUT2D eigenvalue weighted by atomic mass is 127. The monoisotopic (exact) mass is 520 g/mol. The summed E-state index contributed by atoms with van der Waals surface area (Å²) in [5.74, 6) is -34.6. The van der Waals surface area contributed by atoms with Crippen LogP contribution in [0.5, 0.6) is 0 Å². The van der Waals surface area contributed by atoms with Crippen molar-refractivity contribution >= 4 is 22.6 Å². The first-order valence-corrected chi connectivity index (χ1v) is 8.92. The van der Waals surface area contributed by atoms with Gasteiger partial charge in [0.1, 0.15) is 0 Å². The van der Waals surface area contributed by atoms with Gasteiger partial charge in [-0.15, -0.1) is 0 Å². The molecule has 0 nitrogen and oxygen atoms in total. The molecule has 1 unspecified atom stereocenters. The van der Waals surface area contributed by atoms with E-state index in [0.29, 0.717) is 12.8 Å². The van der Waals surface area contributed by atoms with Crippen LogP contribution in [0, 0.1) is 0 Å². The number of rotatable bonds is 7. The van der Waals surface area contributed by atoms with Crippen LogP contribution in [-0.2, 0) is 0 Å². The zero-order valence-corrected chi connectivity index (χ0v) is 15.5. The van der Waals surface area contributed by atoms with E-state index in [2.05, 4.69) is 0 Å². The maximum Gasteiger partial charge on any atom is 0.384 e. The second kappa shape index (κ2) is 7.09. The van der Waals surface area contributed by atoms with E-state index in [1.165, 1.54) is 22.6 Å². The number of unbranched alkanes of at least 4 members (excludes halogenated alkanes) is 3. The van der Waals surface area contributed by atoms with Crippen molar-refractivity contribution in [3.05, 3.63) is 0 Å². The van der Waals surface area contributed by atoms with Gasteiger partial charge in [-0.3, -0.25) is 0 Å². The molecule has 1 aliphatic rings. The Bertz CT molecular complexity index is 473. The summed E-state index contributed by atoms with van der Waals surface area (Å²) in [6.45, 7) is 1.81. The zero-order valence-electron chi connectivity index (χ0n) is 13.4. The molecule has 0 aliphatic heterocycles. The third-order valence-electron chi connectivity index (χ3n) is 4.45. The van der Waals surface area contributed by atoms with E-state index >= 15 is 0 Å². The van der Waals surface area contributed by atoms with Crippen molar-refractivity contribution in [2.75, 3.05) is 0 Å². The lowest BCUT2D eigenvalue weighted by atomic mass is 9.70. The summed E-state index contributed by atoms with van der Waals surface area (Å²) in [5, 5.41) is 0. The molecular formula is C14H16F11I. The van der Waals surface area contributed by atoms with Gasteiger partial charge in [-0.05, 0) is 6.42 Å². The Morgan fingerprint density at radius 2 is 1.00 bits per heavy atom. The normalized spacial score (nSPS) is 28.5. The van der Waals surface area contributed by atoms with Crippen molar-refractivity contribution in [1.29, 1.82) is 0 Å². The highest BCUT2D eigenvalue weighted by molar-refractivity contribution is 14.1. The Morgan fingerprint density at radius 3 is 1.38 bits per heavy atom. The Kier molecular flexibility index (Phi) is 6.54. The van der Waals surface area contributed by atoms with Crippen LogP contribution in [0.1, 0.15) is 45.4 Å². The Labute approximate surface area is 156 Å². The Morgan fingerprint density at radius 1 is 0.615 bits per heavy atom. The summed E-state index contributed by atoms with van der Waals surface area (Å²) in [6, 6.07) is 0. The molecule has 0 heterocycles. The van der Waals surface area contributed by atoms with Crippen LogP contribution in [0.25, 0.3) is 0 Å². The molecule has 1 aliphatic carbocycles. The minimum Gasteiger partial charge on any atom is -0.230 e. The summed E-state index contributed by atoms with van der Waals surface area (Å²) < 4.78 is 148. The standard InChI is InChI=1S/C14H16F11I/c1-2-3-4-5-6-8(26)7-9(15)10(16,17)12(20,21)14(24,25)13(22,23)11(9,18)19/h8H,2-7H2,1H3. The van der Waals surface area contributed by atoms with Crippen molar-refractivity contribution in [1.82, 2.24) is 0 Å². The molecule has 0 radical (unpaired) electrons. The lowest BCUT2D eigenvalue weighted by molar-refractivity contribution is -0.485. The SMILES string of the molecule is CCCCCCC(I)CC1(F)C(F)(F)C(F)(F)C(F)(F)C(F)(F)C1(F)F. The van der Waals surface area contributed by atoms with Crippen LogP contribution in [0.3, 0.4) is 0 Å². The van der Waals surface area contributed by atoms with Gasteiger partial charge in [0, 0.05) is 10.3 Å². The van der Waals surface area contributed by atoms with Crippen molar-refractivity contribution in [2.24, 2.45) is 0 Å². The van der Waals surface area contributed by atoms with Crippen molar-refractivity contribution < 1.29 is 48.3 Å². The first-order chi connectivity index (χ1) is 11.5. The van der Waals surface area contributed by atoms with Gasteiger partial charge < -0.3 is 0 Å². The van der Waals surface area contributed by atoms with Crippen molar-refractivity contribution in [3.8, 4) is 0 Å². The second-order valence-corrected chi connectivity index (χ2v) is 8.09. The lowest BCUT2D eigenvalue weighted by Gasteiger charge is -2.53. The highest BCUT2D eigenvalue weighted by Crippen LogP contribution is 2.70. The molecule has 0 saturated heterocycles. The predicted octanol–water partition coefficient (Wildman–Crippen LogP) is 7.05. The molecule has 1 saturated carbocycles. The highest BCUT2D eigenvalue weighted by Gasteiger charge is 3.00. The van der Waals surface area contributed by atoms with Crippen LogP contribution in [0.15, 0.2) is 0 Å². The van der Waals surface area contributed by atoms with Crippen molar-refractivity contribution in [2.45, 2.75) is 84.7 Å². The van der Waals surface area contributed by atoms with Crippen LogP contribution >= 0.6 is 22.6 Å². The van der Waals surface area contributed by atoms with E-state index in [-0.39, 0.29) is 12.8 Å². The minimum atomic E-state index is -7.13. The summed E-state index contributed by atoms with van der Waals surface area (Å²) in [6.07, 6.45) is -0.210. The van der Waals surface area contributed by atoms with Crippen LogP contribution < -0.4 is 0 Å². The molecule has 26 heavy (non-hydrogen) atoms. The molecule has 1 fully saturated rings. The van der Waals surface area contributed by atoms with Gasteiger partial charge >= 0.3 is 29.6 Å². The molecule has 156 valence electrons. The first-order valence-electron chi connectivity index (χ1n) is 7.67. The van der Waals surface area contributed by atoms with Crippen LogP contribution in [-0.4, -0.2) is 39.2 Å². The Hall–Kier alpha value is -0.0400. The molecule has 0 aromatic carbocycles. The quantitative estimate of drug-likeness (QED) is 0.146. The Balaban J connectivity index is 3.29. The fraction of sp³-hybridized carbons (Fsp3) is 1.00. The number of hydrogen-bond donors (Lipinski definition) is 0. The van der Waals surface area contributed by atoms with E-state index in [1.54, 1.807) is 0 Å². The fourth-order valence-corrected chi connectivity index (χ4v) is 3.79. The molecule has 0 aromatic rings. The first kappa shape index (κ1) is 24.0. The van der Waals surface area contributed by atoms with Crippen molar-refractivity contribution in [3.63, 3.8) is 0 Å². The van der Waals surface area contributed by atoms with Gasteiger partial charge in [0.2, 0.25) is 0 Å². The molecular weight excluding hydrogens is 504 g/mol. The van der Waals surface area contributed by atoms with E-state index < -0.39 is 45.6 Å². The van der Waals surface area contributed by atoms with Gasteiger partial charge in [-0.25, -0.2) is 4.39 Å². The third-order valence-corrected chi connectivity index (χ3v) is 5.51. The summed E-state index contributed by atoms with van der Waals surface area (Å²) >= 11 is 1.19. The van der Waals surface area contributed by atoms with Gasteiger partial charge in [-0.2, -0.15) is 43.9 Å². The second-order valence-electron chi connectivity index (χ2n) is 6.32. The van der Waals surface area contributed by atoms with Gasteiger partial charge in [0.05, 0.1) is 0 Å². The molecule has 0 N–H and O–H groups in total. The topological polar surface area (TPSA) is 0 Å². The average Bonchev–Trinajstić information content (AvgIpc) is 2.49. The van der Waals surface area contributed by atoms with E-state index in [1.807, 2.05) is 6.92 Å². The van der Waals surface area contributed by atoms with E-state index in [4.69, 9.17) is 0 Å². The predicted molar refractivity (Wildman–Crippen MR) is 79.8 cm³/mol. The smallest absolute Gasteiger partial charge is 0.230 e. The van der Waals surface area contributed by atoms with Gasteiger partial charge in [0.25, 0.3) is 5.67 Å². The number of halogens is 12. The molecule has 0 aromatic heterocycles. The largest absolute Gasteiger partial charge is 0.384 e. The third kappa shape index (κ3) is 2.99. The van der Waals surface area contributed by atoms with Crippen LogP contribution in [0.4, 0.5) is 48.3 Å². The molecule has 0 bridgehead atoms. The molecule has 0 amide bonds. The number of hydrogen-bond acceptors (Lipinski definition) is 0. The summed E-state index contributed by atoms with van der Waals surface area (Å²) in [5.41, 5.74) is -5.84. The van der Waals surface area contributed by atoms with E-state index in [9.17, 15) is 48.3 Å². The molecule has 12 heteroatoms. The number of alkyl halides is 12.